The summed E-state index contributed by atoms with van der Waals surface area (Å²) < 4.78 is 7.48. The molecule has 0 saturated carbocycles. The molecule has 2 N–H and O–H groups in total. The van der Waals surface area contributed by atoms with E-state index in [0.717, 1.165) is 55.1 Å². The molecule has 188 valence electrons. The highest BCUT2D eigenvalue weighted by molar-refractivity contribution is 5.85. The van der Waals surface area contributed by atoms with Crippen LogP contribution in [-0.2, 0) is 11.3 Å². The highest BCUT2D eigenvalue weighted by Crippen LogP contribution is 2.32. The van der Waals surface area contributed by atoms with E-state index in [9.17, 15) is 4.79 Å². The van der Waals surface area contributed by atoms with Gasteiger partial charge in [-0.15, -0.1) is 0 Å². The van der Waals surface area contributed by atoms with Gasteiger partial charge in [0.05, 0.1) is 29.7 Å². The Morgan fingerprint density at radius 3 is 2.75 bits per heavy atom. The number of hydrogen-bond acceptors (Lipinski definition) is 6. The molecule has 3 heterocycles. The number of benzene rings is 2. The smallest absolute Gasteiger partial charge is 0.412 e. The number of aromatic nitrogens is 2. The molecular weight excluding hydrogens is 452 g/mol. The molecule has 8 nitrogen and oxygen atoms in total. The Balaban J connectivity index is 1.13. The molecule has 1 fully saturated rings. The molecule has 1 unspecified atom stereocenters. The number of rotatable bonds is 5. The number of likely N-dealkylation sites (tertiary alicyclic amines) is 1. The van der Waals surface area contributed by atoms with Gasteiger partial charge in [0.1, 0.15) is 5.60 Å². The second-order valence-corrected chi connectivity index (χ2v) is 10.5. The van der Waals surface area contributed by atoms with Gasteiger partial charge in [0.2, 0.25) is 0 Å². The third-order valence-electron chi connectivity index (χ3n) is 6.47. The predicted molar refractivity (Wildman–Crippen MR) is 143 cm³/mol. The lowest BCUT2D eigenvalue weighted by molar-refractivity contribution is 0.0636. The molecule has 1 saturated heterocycles. The molecule has 2 aliphatic heterocycles. The van der Waals surface area contributed by atoms with E-state index >= 15 is 0 Å². The van der Waals surface area contributed by atoms with E-state index in [0.29, 0.717) is 6.04 Å². The lowest BCUT2D eigenvalue weighted by Crippen LogP contribution is -2.34. The highest BCUT2D eigenvalue weighted by Gasteiger charge is 2.23. The number of carbonyl (C=O) groups is 1. The topological polar surface area (TPSA) is 83.8 Å². The summed E-state index contributed by atoms with van der Waals surface area (Å²) >= 11 is 0. The average molecular weight is 487 g/mol. The molecule has 2 aromatic carbocycles. The molecule has 36 heavy (non-hydrogen) atoms. The predicted octanol–water partition coefficient (Wildman–Crippen LogP) is 5.94. The van der Waals surface area contributed by atoms with Crippen LogP contribution in [0, 0.1) is 0 Å². The van der Waals surface area contributed by atoms with Crippen LogP contribution in [0.5, 0.6) is 0 Å². The van der Waals surface area contributed by atoms with E-state index in [4.69, 9.17) is 4.74 Å². The Morgan fingerprint density at radius 1 is 1.14 bits per heavy atom. The number of ether oxygens (including phenoxy) is 1. The standard InChI is InChI=1S/C28H34N6O2/c1-28(2,3)36-27(35)31-22-8-6-7-20(15-22)18-33-13-11-23(12-14-33)34-19-21(16-30-34)26-17-29-24-9-4-5-10-25(24)32-26/h4-10,15-17,19,23,26,32H,11-14,18H2,1-3H3,(H,31,35). The van der Waals surface area contributed by atoms with Crippen molar-refractivity contribution in [1.29, 1.82) is 0 Å². The summed E-state index contributed by atoms with van der Waals surface area (Å²) in [5.41, 5.74) is 4.56. The Morgan fingerprint density at radius 2 is 1.94 bits per heavy atom. The minimum absolute atomic E-state index is 0.0373. The first kappa shape index (κ1) is 24.1. The van der Waals surface area contributed by atoms with Crippen molar-refractivity contribution < 1.29 is 9.53 Å². The van der Waals surface area contributed by atoms with Gasteiger partial charge in [-0.05, 0) is 63.4 Å². The zero-order valence-corrected chi connectivity index (χ0v) is 21.1. The van der Waals surface area contributed by atoms with Crippen LogP contribution in [0.2, 0.25) is 0 Å². The van der Waals surface area contributed by atoms with Gasteiger partial charge >= 0.3 is 6.09 Å². The van der Waals surface area contributed by atoms with Crippen LogP contribution in [0.1, 0.15) is 56.8 Å². The molecular formula is C28H34N6O2. The summed E-state index contributed by atoms with van der Waals surface area (Å²) in [5.74, 6) is 0. The number of nitrogens with zero attached hydrogens (tertiary/aromatic N) is 4. The molecule has 0 spiro atoms. The number of amides is 1. The molecule has 0 radical (unpaired) electrons. The number of aliphatic imine (C=N–C) groups is 1. The van der Waals surface area contributed by atoms with Gasteiger partial charge in [0, 0.05) is 43.3 Å². The van der Waals surface area contributed by atoms with E-state index < -0.39 is 11.7 Å². The second-order valence-electron chi connectivity index (χ2n) is 10.5. The second kappa shape index (κ2) is 10.1. The molecule has 2 aliphatic rings. The largest absolute Gasteiger partial charge is 0.444 e. The first-order valence-electron chi connectivity index (χ1n) is 12.6. The van der Waals surface area contributed by atoms with Gasteiger partial charge in [0.15, 0.2) is 0 Å². The summed E-state index contributed by atoms with van der Waals surface area (Å²) in [5, 5.41) is 11.1. The van der Waals surface area contributed by atoms with Crippen LogP contribution in [0.4, 0.5) is 21.9 Å². The summed E-state index contributed by atoms with van der Waals surface area (Å²) in [6.07, 6.45) is 7.73. The Labute approximate surface area is 212 Å². The number of anilines is 2. The highest BCUT2D eigenvalue weighted by atomic mass is 16.6. The van der Waals surface area contributed by atoms with Crippen molar-refractivity contribution in [3.63, 3.8) is 0 Å². The normalized spacial score (nSPS) is 18.4. The fourth-order valence-corrected chi connectivity index (χ4v) is 4.72. The van der Waals surface area contributed by atoms with Crippen LogP contribution in [0.15, 0.2) is 65.9 Å². The Bertz CT molecular complexity index is 1240. The van der Waals surface area contributed by atoms with Gasteiger partial charge in [-0.25, -0.2) is 4.79 Å². The zero-order valence-electron chi connectivity index (χ0n) is 21.1. The van der Waals surface area contributed by atoms with Crippen molar-refractivity contribution >= 4 is 29.4 Å². The summed E-state index contributed by atoms with van der Waals surface area (Å²) in [6.45, 7) is 8.42. The molecule has 0 aliphatic carbocycles. The van der Waals surface area contributed by atoms with Crippen molar-refractivity contribution in [2.75, 3.05) is 23.7 Å². The third-order valence-corrected chi connectivity index (χ3v) is 6.47. The maximum atomic E-state index is 12.1. The SMILES string of the molecule is CC(C)(C)OC(=O)Nc1cccc(CN2CCC(n3cc(C4C=Nc5ccccc5N4)cn3)CC2)c1. The molecule has 8 heteroatoms. The quantitative estimate of drug-likeness (QED) is 0.467. The lowest BCUT2D eigenvalue weighted by Gasteiger charge is -2.32. The lowest BCUT2D eigenvalue weighted by atomic mass is 10.0. The van der Waals surface area contributed by atoms with E-state index in [1.54, 1.807) is 0 Å². The Hall–Kier alpha value is -3.65. The van der Waals surface area contributed by atoms with Gasteiger partial charge in [-0.2, -0.15) is 5.10 Å². The van der Waals surface area contributed by atoms with Crippen molar-refractivity contribution in [2.45, 2.75) is 57.8 Å². The first-order chi connectivity index (χ1) is 17.3. The number of nitrogens with one attached hydrogen (secondary N) is 2. The van der Waals surface area contributed by atoms with Crippen molar-refractivity contribution in [2.24, 2.45) is 4.99 Å². The van der Waals surface area contributed by atoms with Gasteiger partial charge in [-0.3, -0.25) is 19.9 Å². The molecule has 0 bridgehead atoms. The number of para-hydroxylation sites is 2. The van der Waals surface area contributed by atoms with Crippen LogP contribution in [0.3, 0.4) is 0 Å². The van der Waals surface area contributed by atoms with Crippen LogP contribution < -0.4 is 10.6 Å². The van der Waals surface area contributed by atoms with E-state index in [2.05, 4.69) is 48.6 Å². The van der Waals surface area contributed by atoms with E-state index in [1.807, 2.05) is 69.6 Å². The molecule has 1 amide bonds. The molecule has 5 rings (SSSR count). The maximum Gasteiger partial charge on any atom is 0.412 e. The van der Waals surface area contributed by atoms with E-state index in [-0.39, 0.29) is 6.04 Å². The Kier molecular flexibility index (Phi) is 6.78. The summed E-state index contributed by atoms with van der Waals surface area (Å²) in [7, 11) is 0. The fraction of sp³-hybridized carbons (Fsp3) is 0.393. The maximum absolute atomic E-state index is 12.1. The fourth-order valence-electron chi connectivity index (χ4n) is 4.72. The number of fused-ring (bicyclic) bond motifs is 1. The monoisotopic (exact) mass is 486 g/mol. The number of carbonyl (C=O) groups excluding carboxylic acids is 1. The van der Waals surface area contributed by atoms with Crippen molar-refractivity contribution in [3.8, 4) is 0 Å². The van der Waals surface area contributed by atoms with Crippen LogP contribution in [0.25, 0.3) is 0 Å². The molecule has 1 aromatic heterocycles. The van der Waals surface area contributed by atoms with Gasteiger partial charge < -0.3 is 10.1 Å². The minimum atomic E-state index is -0.521. The van der Waals surface area contributed by atoms with E-state index in [1.165, 1.54) is 5.56 Å². The average Bonchev–Trinajstić information content (AvgIpc) is 3.34. The van der Waals surface area contributed by atoms with Crippen molar-refractivity contribution in [1.82, 2.24) is 14.7 Å². The van der Waals surface area contributed by atoms with Crippen molar-refractivity contribution in [3.05, 3.63) is 72.1 Å². The zero-order chi connectivity index (χ0) is 25.1. The summed E-state index contributed by atoms with van der Waals surface area (Å²) in [6, 6.07) is 16.5. The minimum Gasteiger partial charge on any atom is -0.444 e. The number of piperidine rings is 1. The first-order valence-corrected chi connectivity index (χ1v) is 12.6. The van der Waals surface area contributed by atoms with Crippen LogP contribution >= 0.6 is 0 Å². The van der Waals surface area contributed by atoms with Gasteiger partial charge in [-0.1, -0.05) is 24.3 Å². The third kappa shape index (κ3) is 5.94. The van der Waals surface area contributed by atoms with Gasteiger partial charge in [0.25, 0.3) is 0 Å². The van der Waals surface area contributed by atoms with Crippen LogP contribution in [-0.4, -0.2) is 45.7 Å². The molecule has 3 aromatic rings. The number of hydrogen-bond donors (Lipinski definition) is 2. The summed E-state index contributed by atoms with van der Waals surface area (Å²) in [4.78, 5) is 19.2. The molecule has 1 atom stereocenters.